The minimum atomic E-state index is -0.346. The fourth-order valence-electron chi connectivity index (χ4n) is 5.13. The normalized spacial score (nSPS) is 46.3. The number of aliphatic hydroxyl groups excluding tert-OH is 1. The van der Waals surface area contributed by atoms with Gasteiger partial charge in [0.2, 0.25) is 0 Å². The molecule has 1 N–H and O–H groups in total. The molecule has 3 rings (SSSR count). The average Bonchev–Trinajstić information content (AvgIpc) is 2.80. The van der Waals surface area contributed by atoms with Crippen molar-refractivity contribution in [1.29, 1.82) is 0 Å². The molecule has 0 aromatic carbocycles. The molecule has 0 aliphatic heterocycles. The van der Waals surface area contributed by atoms with Crippen molar-refractivity contribution in [2.75, 3.05) is 0 Å². The molecule has 3 saturated carbocycles. The topological polar surface area (TPSA) is 20.2 Å². The molecule has 0 radical (unpaired) electrons. The van der Waals surface area contributed by atoms with Crippen LogP contribution < -0.4 is 0 Å². The zero-order chi connectivity index (χ0) is 15.9. The molecule has 0 aromatic rings. The van der Waals surface area contributed by atoms with Crippen LogP contribution >= 0.6 is 0 Å². The van der Waals surface area contributed by atoms with Gasteiger partial charge >= 0.3 is 0 Å². The van der Waals surface area contributed by atoms with Gasteiger partial charge in [-0.2, -0.15) is 0 Å². The van der Waals surface area contributed by atoms with Gasteiger partial charge in [0.25, 0.3) is 0 Å². The van der Waals surface area contributed by atoms with Crippen molar-refractivity contribution < 1.29 is 5.11 Å². The molecular formula is C21H32O. The second-order valence-electron chi connectivity index (χ2n) is 8.31. The lowest BCUT2D eigenvalue weighted by Gasteiger charge is -2.41. The highest BCUT2D eigenvalue weighted by molar-refractivity contribution is 5.38. The van der Waals surface area contributed by atoms with E-state index in [0.717, 1.165) is 30.3 Å². The predicted octanol–water partition coefficient (Wildman–Crippen LogP) is 5.42. The first-order chi connectivity index (χ1) is 10.4. The van der Waals surface area contributed by atoms with Gasteiger partial charge in [0.1, 0.15) is 0 Å². The maximum absolute atomic E-state index is 10.2. The maximum atomic E-state index is 10.2. The molecule has 0 aromatic heterocycles. The third-order valence-electron chi connectivity index (χ3n) is 7.11. The van der Waals surface area contributed by atoms with Gasteiger partial charge in [0, 0.05) is 0 Å². The van der Waals surface area contributed by atoms with Crippen LogP contribution in [-0.4, -0.2) is 11.2 Å². The molecule has 0 amide bonds. The summed E-state index contributed by atoms with van der Waals surface area (Å²) in [6.07, 6.45) is 13.2. The van der Waals surface area contributed by atoms with Crippen LogP contribution in [0.4, 0.5) is 0 Å². The third kappa shape index (κ3) is 2.62. The Morgan fingerprint density at radius 2 is 1.91 bits per heavy atom. The SMILES string of the molecule is C=C1/C(=C\C=C2/CCCC3(C)C(C)CC[C@@H]23)CCC(C)C1O. The van der Waals surface area contributed by atoms with E-state index in [1.54, 1.807) is 5.57 Å². The van der Waals surface area contributed by atoms with Crippen molar-refractivity contribution in [2.45, 2.75) is 71.8 Å². The monoisotopic (exact) mass is 300 g/mol. The third-order valence-corrected chi connectivity index (χ3v) is 7.11. The summed E-state index contributed by atoms with van der Waals surface area (Å²) < 4.78 is 0. The maximum Gasteiger partial charge on any atom is 0.0812 e. The standard InChI is InChI=1S/C21H32O/c1-14-7-9-17(16(3)20(14)22)10-11-18-6-5-13-21(4)15(2)8-12-19(18)21/h10-11,14-15,19-20,22H,3,5-9,12-13H2,1-2,4H3/b17-10-,18-11+/t14?,15?,19-,20?,21?/m0/s1. The zero-order valence-corrected chi connectivity index (χ0v) is 14.6. The van der Waals surface area contributed by atoms with Gasteiger partial charge in [0.15, 0.2) is 0 Å². The van der Waals surface area contributed by atoms with Gasteiger partial charge < -0.3 is 5.11 Å². The number of allylic oxidation sites excluding steroid dienone is 3. The van der Waals surface area contributed by atoms with Crippen LogP contribution in [0.2, 0.25) is 0 Å². The Kier molecular flexibility index (Phi) is 4.38. The first-order valence-electron chi connectivity index (χ1n) is 9.20. The molecular weight excluding hydrogens is 268 g/mol. The predicted molar refractivity (Wildman–Crippen MR) is 93.6 cm³/mol. The molecule has 22 heavy (non-hydrogen) atoms. The van der Waals surface area contributed by atoms with E-state index in [1.165, 1.54) is 37.7 Å². The Balaban J connectivity index is 1.80. The molecule has 1 nitrogen and oxygen atoms in total. The highest BCUT2D eigenvalue weighted by Gasteiger charge is 2.46. The van der Waals surface area contributed by atoms with E-state index in [9.17, 15) is 5.11 Å². The lowest BCUT2D eigenvalue weighted by molar-refractivity contribution is 0.137. The number of hydrogen-bond acceptors (Lipinski definition) is 1. The summed E-state index contributed by atoms with van der Waals surface area (Å²) in [7, 11) is 0. The van der Waals surface area contributed by atoms with Crippen molar-refractivity contribution in [2.24, 2.45) is 23.2 Å². The van der Waals surface area contributed by atoms with Gasteiger partial charge in [-0.25, -0.2) is 0 Å². The number of fused-ring (bicyclic) bond motifs is 1. The van der Waals surface area contributed by atoms with Crippen LogP contribution in [0.15, 0.2) is 35.5 Å². The Bertz CT molecular complexity index is 512. The Morgan fingerprint density at radius 1 is 1.14 bits per heavy atom. The molecule has 122 valence electrons. The molecule has 0 saturated heterocycles. The molecule has 3 aliphatic rings. The van der Waals surface area contributed by atoms with Crippen molar-refractivity contribution in [3.05, 3.63) is 35.5 Å². The minimum Gasteiger partial charge on any atom is -0.388 e. The summed E-state index contributed by atoms with van der Waals surface area (Å²) in [5.74, 6) is 2.00. The molecule has 4 unspecified atom stereocenters. The van der Waals surface area contributed by atoms with Crippen LogP contribution in [0.1, 0.15) is 65.7 Å². The molecule has 1 heteroatoms. The van der Waals surface area contributed by atoms with Crippen molar-refractivity contribution in [3.63, 3.8) is 0 Å². The summed E-state index contributed by atoms with van der Waals surface area (Å²) in [6.45, 7) is 11.2. The highest BCUT2D eigenvalue weighted by Crippen LogP contribution is 2.57. The van der Waals surface area contributed by atoms with Gasteiger partial charge in [-0.05, 0) is 79.3 Å². The molecule has 3 aliphatic carbocycles. The summed E-state index contributed by atoms with van der Waals surface area (Å²) in [5, 5.41) is 10.2. The average molecular weight is 300 g/mol. The van der Waals surface area contributed by atoms with E-state index < -0.39 is 0 Å². The largest absolute Gasteiger partial charge is 0.388 e. The summed E-state index contributed by atoms with van der Waals surface area (Å²) >= 11 is 0. The Labute approximate surface area is 136 Å². The molecule has 3 fully saturated rings. The Hall–Kier alpha value is -0.820. The van der Waals surface area contributed by atoms with E-state index in [4.69, 9.17) is 0 Å². The summed E-state index contributed by atoms with van der Waals surface area (Å²) in [4.78, 5) is 0. The van der Waals surface area contributed by atoms with E-state index in [1.807, 2.05) is 0 Å². The molecule has 5 atom stereocenters. The summed E-state index contributed by atoms with van der Waals surface area (Å²) in [5.41, 5.74) is 4.41. The minimum absolute atomic E-state index is 0.346. The van der Waals surface area contributed by atoms with Gasteiger partial charge in [-0.15, -0.1) is 0 Å². The number of rotatable bonds is 1. The van der Waals surface area contributed by atoms with Gasteiger partial charge in [-0.3, -0.25) is 0 Å². The second-order valence-corrected chi connectivity index (χ2v) is 8.31. The van der Waals surface area contributed by atoms with Crippen molar-refractivity contribution in [1.82, 2.24) is 0 Å². The number of hydrogen-bond donors (Lipinski definition) is 1. The first kappa shape index (κ1) is 16.1. The number of aliphatic hydroxyl groups is 1. The zero-order valence-electron chi connectivity index (χ0n) is 14.6. The van der Waals surface area contributed by atoms with Crippen LogP contribution in [0.3, 0.4) is 0 Å². The van der Waals surface area contributed by atoms with Crippen LogP contribution in [0, 0.1) is 23.2 Å². The van der Waals surface area contributed by atoms with Crippen molar-refractivity contribution >= 4 is 0 Å². The molecule has 0 spiro atoms. The van der Waals surface area contributed by atoms with E-state index in [0.29, 0.717) is 11.3 Å². The Morgan fingerprint density at radius 3 is 2.68 bits per heavy atom. The quantitative estimate of drug-likeness (QED) is 0.685. The highest BCUT2D eigenvalue weighted by atomic mass is 16.3. The lowest BCUT2D eigenvalue weighted by Crippen LogP contribution is -2.32. The van der Waals surface area contributed by atoms with Crippen molar-refractivity contribution in [3.8, 4) is 0 Å². The van der Waals surface area contributed by atoms with Gasteiger partial charge in [-0.1, -0.05) is 45.1 Å². The lowest BCUT2D eigenvalue weighted by atomic mass is 9.64. The van der Waals surface area contributed by atoms with Crippen LogP contribution in [-0.2, 0) is 0 Å². The summed E-state index contributed by atoms with van der Waals surface area (Å²) in [6, 6.07) is 0. The van der Waals surface area contributed by atoms with E-state index in [2.05, 4.69) is 39.5 Å². The first-order valence-corrected chi connectivity index (χ1v) is 9.20. The van der Waals surface area contributed by atoms with Gasteiger partial charge in [0.05, 0.1) is 6.10 Å². The second kappa shape index (κ2) is 6.00. The van der Waals surface area contributed by atoms with E-state index in [-0.39, 0.29) is 6.10 Å². The van der Waals surface area contributed by atoms with Crippen LogP contribution in [0.25, 0.3) is 0 Å². The molecule has 0 heterocycles. The fraction of sp³-hybridized carbons (Fsp3) is 0.714. The van der Waals surface area contributed by atoms with E-state index >= 15 is 0 Å². The molecule has 0 bridgehead atoms. The van der Waals surface area contributed by atoms with Crippen LogP contribution in [0.5, 0.6) is 0 Å². The smallest absolute Gasteiger partial charge is 0.0812 e. The fourth-order valence-corrected chi connectivity index (χ4v) is 5.13.